The predicted octanol–water partition coefficient (Wildman–Crippen LogP) is 2.41. The van der Waals surface area contributed by atoms with E-state index in [1.54, 1.807) is 12.5 Å². The van der Waals surface area contributed by atoms with Crippen molar-refractivity contribution in [3.05, 3.63) is 12.5 Å². The van der Waals surface area contributed by atoms with E-state index >= 15 is 0 Å². The number of rotatable bonds is 2. The minimum absolute atomic E-state index is 0.118. The lowest BCUT2D eigenvalue weighted by Gasteiger charge is -2.23. The van der Waals surface area contributed by atoms with E-state index in [2.05, 4.69) is 19.9 Å². The van der Waals surface area contributed by atoms with E-state index in [1.807, 2.05) is 6.92 Å². The van der Waals surface area contributed by atoms with Gasteiger partial charge in [-0.15, -0.1) is 0 Å². The lowest BCUT2D eigenvalue weighted by Crippen LogP contribution is -2.26. The average Bonchev–Trinajstić information content (AvgIpc) is 2.48. The molecular formula is C11H15NO2. The second kappa shape index (κ2) is 2.66. The van der Waals surface area contributed by atoms with E-state index < -0.39 is 5.79 Å². The maximum Gasteiger partial charge on any atom is 0.247 e. The number of hydrogen-bond donors (Lipinski definition) is 0. The quantitative estimate of drug-likeness (QED) is 0.676. The number of hydrogen-bond acceptors (Lipinski definition) is 3. The molecule has 3 heteroatoms. The van der Waals surface area contributed by atoms with E-state index in [9.17, 15) is 0 Å². The molecular weight excluding hydrogens is 178 g/mol. The van der Waals surface area contributed by atoms with Crippen molar-refractivity contribution < 1.29 is 9.47 Å². The molecule has 2 atom stereocenters. The SMILES string of the molecule is CC1(CC2C(C#N)C2(C)C)OC=CO1. The van der Waals surface area contributed by atoms with Gasteiger partial charge in [-0.1, -0.05) is 13.8 Å². The zero-order valence-electron chi connectivity index (χ0n) is 8.78. The first kappa shape index (κ1) is 9.39. The summed E-state index contributed by atoms with van der Waals surface area (Å²) in [5.41, 5.74) is 0.118. The zero-order valence-corrected chi connectivity index (χ0v) is 8.78. The van der Waals surface area contributed by atoms with Gasteiger partial charge in [0.2, 0.25) is 5.79 Å². The molecule has 1 heterocycles. The summed E-state index contributed by atoms with van der Waals surface area (Å²) in [6, 6.07) is 2.34. The van der Waals surface area contributed by atoms with Gasteiger partial charge >= 0.3 is 0 Å². The molecule has 0 N–H and O–H groups in total. The Kier molecular flexibility index (Phi) is 1.79. The first-order valence-electron chi connectivity index (χ1n) is 4.90. The van der Waals surface area contributed by atoms with Crippen molar-refractivity contribution in [1.29, 1.82) is 5.26 Å². The van der Waals surface area contributed by atoms with Crippen molar-refractivity contribution in [3.8, 4) is 6.07 Å². The van der Waals surface area contributed by atoms with Crippen LogP contribution < -0.4 is 0 Å². The van der Waals surface area contributed by atoms with Crippen LogP contribution in [0.2, 0.25) is 0 Å². The van der Waals surface area contributed by atoms with E-state index in [4.69, 9.17) is 14.7 Å². The Labute approximate surface area is 84.3 Å². The van der Waals surface area contributed by atoms with Gasteiger partial charge in [-0.25, -0.2) is 0 Å². The molecule has 0 saturated heterocycles. The minimum Gasteiger partial charge on any atom is -0.457 e. The summed E-state index contributed by atoms with van der Waals surface area (Å²) in [5, 5.41) is 8.92. The van der Waals surface area contributed by atoms with E-state index in [0.29, 0.717) is 5.92 Å². The van der Waals surface area contributed by atoms with Gasteiger partial charge in [-0.2, -0.15) is 5.26 Å². The van der Waals surface area contributed by atoms with Crippen LogP contribution in [0.5, 0.6) is 0 Å². The van der Waals surface area contributed by atoms with Crippen LogP contribution in [0, 0.1) is 28.6 Å². The Bertz CT molecular complexity index is 306. The molecule has 1 saturated carbocycles. The van der Waals surface area contributed by atoms with E-state index in [-0.39, 0.29) is 11.3 Å². The lowest BCUT2D eigenvalue weighted by atomic mass is 10.0. The largest absolute Gasteiger partial charge is 0.457 e. The summed E-state index contributed by atoms with van der Waals surface area (Å²) in [6.45, 7) is 6.16. The fourth-order valence-electron chi connectivity index (χ4n) is 2.25. The highest BCUT2D eigenvalue weighted by Crippen LogP contribution is 2.61. The predicted molar refractivity (Wildman–Crippen MR) is 50.7 cm³/mol. The monoisotopic (exact) mass is 193 g/mol. The topological polar surface area (TPSA) is 42.2 Å². The van der Waals surface area contributed by atoms with Crippen LogP contribution >= 0.6 is 0 Å². The second-order valence-electron chi connectivity index (χ2n) is 4.88. The minimum atomic E-state index is -0.548. The fourth-order valence-corrected chi connectivity index (χ4v) is 2.25. The molecule has 0 aromatic carbocycles. The number of nitriles is 1. The smallest absolute Gasteiger partial charge is 0.247 e. The van der Waals surface area contributed by atoms with Gasteiger partial charge in [0.15, 0.2) is 0 Å². The third-order valence-corrected chi connectivity index (χ3v) is 3.47. The fraction of sp³-hybridized carbons (Fsp3) is 0.727. The normalized spacial score (nSPS) is 35.6. The van der Waals surface area contributed by atoms with Crippen molar-refractivity contribution in [2.75, 3.05) is 0 Å². The maximum atomic E-state index is 8.92. The molecule has 1 fully saturated rings. The molecule has 3 nitrogen and oxygen atoms in total. The van der Waals surface area contributed by atoms with Gasteiger partial charge in [0, 0.05) is 13.3 Å². The van der Waals surface area contributed by atoms with E-state index in [1.165, 1.54) is 0 Å². The number of ether oxygens (including phenoxy) is 2. The molecule has 2 unspecified atom stereocenters. The first-order chi connectivity index (χ1) is 6.49. The van der Waals surface area contributed by atoms with Crippen molar-refractivity contribution in [2.45, 2.75) is 33.0 Å². The van der Waals surface area contributed by atoms with Crippen LogP contribution in [0.15, 0.2) is 12.5 Å². The van der Waals surface area contributed by atoms with Crippen LogP contribution in [0.25, 0.3) is 0 Å². The lowest BCUT2D eigenvalue weighted by molar-refractivity contribution is -0.135. The zero-order chi connectivity index (χ0) is 10.4. The first-order valence-corrected chi connectivity index (χ1v) is 4.90. The average molecular weight is 193 g/mol. The van der Waals surface area contributed by atoms with Crippen molar-refractivity contribution >= 4 is 0 Å². The highest BCUT2D eigenvalue weighted by molar-refractivity contribution is 5.16. The molecule has 0 aromatic rings. The molecule has 0 amide bonds. The maximum absolute atomic E-state index is 8.92. The van der Waals surface area contributed by atoms with Gasteiger partial charge < -0.3 is 9.47 Å². The Balaban J connectivity index is 1.98. The Hall–Kier alpha value is -1.17. The van der Waals surface area contributed by atoms with Crippen LogP contribution in [-0.2, 0) is 9.47 Å². The molecule has 0 radical (unpaired) electrons. The van der Waals surface area contributed by atoms with Crippen molar-refractivity contribution in [1.82, 2.24) is 0 Å². The highest BCUT2D eigenvalue weighted by Gasteiger charge is 2.60. The van der Waals surface area contributed by atoms with Crippen LogP contribution in [0.4, 0.5) is 0 Å². The van der Waals surface area contributed by atoms with E-state index in [0.717, 1.165) is 6.42 Å². The molecule has 0 bridgehead atoms. The molecule has 2 aliphatic rings. The second-order valence-corrected chi connectivity index (χ2v) is 4.88. The Morgan fingerprint density at radius 1 is 1.29 bits per heavy atom. The van der Waals surface area contributed by atoms with Crippen LogP contribution in [0.1, 0.15) is 27.2 Å². The highest BCUT2D eigenvalue weighted by atomic mass is 16.7. The Morgan fingerprint density at radius 3 is 2.29 bits per heavy atom. The molecule has 0 aromatic heterocycles. The van der Waals surface area contributed by atoms with Crippen LogP contribution in [0.3, 0.4) is 0 Å². The summed E-state index contributed by atoms with van der Waals surface area (Å²) >= 11 is 0. The summed E-state index contributed by atoms with van der Waals surface area (Å²) in [7, 11) is 0. The summed E-state index contributed by atoms with van der Waals surface area (Å²) < 4.78 is 10.7. The van der Waals surface area contributed by atoms with Gasteiger partial charge in [0.05, 0.1) is 12.0 Å². The summed E-state index contributed by atoms with van der Waals surface area (Å²) in [6.07, 6.45) is 3.92. The van der Waals surface area contributed by atoms with Gasteiger partial charge in [0.25, 0.3) is 0 Å². The van der Waals surface area contributed by atoms with Gasteiger partial charge in [0.1, 0.15) is 12.5 Å². The third kappa shape index (κ3) is 1.26. The van der Waals surface area contributed by atoms with Crippen molar-refractivity contribution in [2.24, 2.45) is 17.3 Å². The van der Waals surface area contributed by atoms with Gasteiger partial charge in [-0.3, -0.25) is 0 Å². The van der Waals surface area contributed by atoms with Crippen molar-refractivity contribution in [3.63, 3.8) is 0 Å². The van der Waals surface area contributed by atoms with Crippen LogP contribution in [-0.4, -0.2) is 5.79 Å². The summed E-state index contributed by atoms with van der Waals surface area (Å²) in [5.74, 6) is -0.0161. The Morgan fingerprint density at radius 2 is 1.86 bits per heavy atom. The van der Waals surface area contributed by atoms with Gasteiger partial charge in [-0.05, 0) is 11.3 Å². The number of nitrogens with zero attached hydrogens (tertiary/aromatic N) is 1. The molecule has 1 aliphatic carbocycles. The molecule has 2 rings (SSSR count). The summed E-state index contributed by atoms with van der Waals surface area (Å²) in [4.78, 5) is 0. The molecule has 1 aliphatic heterocycles. The standard InChI is InChI=1S/C11H15NO2/c1-10(2)8(9(10)7-12)6-11(3)13-4-5-14-11/h4-5,8-9H,6H2,1-3H3. The molecule has 76 valence electrons. The molecule has 0 spiro atoms. The molecule has 14 heavy (non-hydrogen) atoms. The third-order valence-electron chi connectivity index (χ3n) is 3.47.